The van der Waals surface area contributed by atoms with Crippen LogP contribution in [0, 0.1) is 31.4 Å². The molecule has 0 saturated carbocycles. The van der Waals surface area contributed by atoms with Gasteiger partial charge < -0.3 is 44.0 Å². The third-order valence-electron chi connectivity index (χ3n) is 7.27. The molecule has 46 heavy (non-hydrogen) atoms. The lowest BCUT2D eigenvalue weighted by Gasteiger charge is -2.26. The zero-order valence-electron chi connectivity index (χ0n) is 26.3. The molecular formula is C32H45N9O5. The summed E-state index contributed by atoms with van der Waals surface area (Å²) in [6, 6.07) is 10.3. The van der Waals surface area contributed by atoms with E-state index < -0.39 is 41.8 Å². The molecule has 0 unspecified atom stereocenters. The third-order valence-corrected chi connectivity index (χ3v) is 7.27. The maximum atomic E-state index is 13.8. The number of hydrogen-bond donors (Lipinski definition) is 9. The van der Waals surface area contributed by atoms with Gasteiger partial charge in [-0.1, -0.05) is 12.1 Å². The van der Waals surface area contributed by atoms with Gasteiger partial charge in [0.15, 0.2) is 5.96 Å². The Bertz CT molecular complexity index is 1370. The van der Waals surface area contributed by atoms with Crippen LogP contribution in [0.25, 0.3) is 0 Å². The average Bonchev–Trinajstić information content (AvgIpc) is 2.99. The SMILES string of the molecule is Cc1cc(O)cc(C)c1C[C@H](NC(=O)C(=N)CCCN=C(N)N)C(=O)N[C@@H](CCCCN)C(=O)N[C@@H](Cc1cc#ccc1)C(N)=O. The van der Waals surface area contributed by atoms with E-state index in [4.69, 9.17) is 28.3 Å². The maximum Gasteiger partial charge on any atom is 0.265 e. The number of hydrogen-bond acceptors (Lipinski definition) is 8. The molecule has 0 fully saturated rings. The number of carbonyl (C=O) groups excluding carboxylic acids is 4. The van der Waals surface area contributed by atoms with Crippen LogP contribution in [0.4, 0.5) is 0 Å². The van der Waals surface area contributed by atoms with Crippen molar-refractivity contribution in [2.45, 2.75) is 76.9 Å². The molecule has 0 aliphatic heterocycles. The van der Waals surface area contributed by atoms with E-state index in [1.165, 1.54) is 0 Å². The van der Waals surface area contributed by atoms with Gasteiger partial charge in [-0.2, -0.15) is 0 Å². The van der Waals surface area contributed by atoms with Crippen LogP contribution in [-0.4, -0.2) is 71.6 Å². The van der Waals surface area contributed by atoms with Crippen LogP contribution in [0.2, 0.25) is 0 Å². The normalized spacial score (nSPS) is 12.5. The fourth-order valence-electron chi connectivity index (χ4n) is 4.80. The summed E-state index contributed by atoms with van der Waals surface area (Å²) in [7, 11) is 0. The van der Waals surface area contributed by atoms with Gasteiger partial charge in [-0.15, -0.1) is 0 Å². The van der Waals surface area contributed by atoms with Crippen LogP contribution < -0.4 is 38.9 Å². The van der Waals surface area contributed by atoms with Gasteiger partial charge in [0.2, 0.25) is 17.7 Å². The van der Waals surface area contributed by atoms with Crippen molar-refractivity contribution in [1.82, 2.24) is 16.0 Å². The molecule has 14 heteroatoms. The number of amides is 4. The predicted molar refractivity (Wildman–Crippen MR) is 175 cm³/mol. The molecule has 13 N–H and O–H groups in total. The number of aromatic hydroxyl groups is 1. The van der Waals surface area contributed by atoms with Crippen LogP contribution in [0.1, 0.15) is 54.4 Å². The summed E-state index contributed by atoms with van der Waals surface area (Å²) >= 11 is 0. The Labute approximate surface area is 269 Å². The van der Waals surface area contributed by atoms with Crippen molar-refractivity contribution in [3.63, 3.8) is 0 Å². The third kappa shape index (κ3) is 12.4. The minimum absolute atomic E-state index is 0.0133. The van der Waals surface area contributed by atoms with Crippen molar-refractivity contribution in [2.75, 3.05) is 13.1 Å². The number of carbonyl (C=O) groups is 4. The smallest absolute Gasteiger partial charge is 0.265 e. The van der Waals surface area contributed by atoms with E-state index in [9.17, 15) is 24.3 Å². The number of phenols is 1. The first-order valence-corrected chi connectivity index (χ1v) is 15.0. The van der Waals surface area contributed by atoms with Crippen LogP contribution in [0.5, 0.6) is 5.75 Å². The first-order chi connectivity index (χ1) is 21.8. The molecule has 0 spiro atoms. The molecular weight excluding hydrogens is 590 g/mol. The van der Waals surface area contributed by atoms with Gasteiger partial charge in [-0.3, -0.25) is 29.6 Å². The van der Waals surface area contributed by atoms with Crippen LogP contribution in [0.15, 0.2) is 35.3 Å². The molecule has 3 atom stereocenters. The minimum Gasteiger partial charge on any atom is -0.508 e. The summed E-state index contributed by atoms with van der Waals surface area (Å²) < 4.78 is 0. The molecule has 2 rings (SSSR count). The van der Waals surface area contributed by atoms with Crippen molar-refractivity contribution in [2.24, 2.45) is 27.9 Å². The molecule has 0 aliphatic rings. The number of aliphatic imine (C=N–C) groups is 1. The van der Waals surface area contributed by atoms with E-state index in [0.29, 0.717) is 48.1 Å². The number of unbranched alkanes of at least 4 members (excludes halogenated alkanes) is 1. The van der Waals surface area contributed by atoms with Crippen LogP contribution in [0.3, 0.4) is 0 Å². The molecule has 0 radical (unpaired) electrons. The molecule has 0 saturated heterocycles. The quantitative estimate of drug-likeness (QED) is 0.0552. The minimum atomic E-state index is -1.19. The standard InChI is InChI=1S/C32H45N9O5/c1-19-15-22(42)16-20(2)23(19)18-27(41-29(44)24(34)11-8-14-38-32(36)37)31(46)39-25(12-6-7-13-33)30(45)40-26(28(35)43)17-21-9-4-3-5-10-21/h4,9-10,15-16,25-27,34,42H,6-8,11-14,17-18,33H2,1-2H3,(H2,35,43)(H,39,46)(H,40,45)(H,41,44)(H4,36,37,38)/t25-,26-,27-/m0/s1. The Morgan fingerprint density at radius 2 is 1.57 bits per heavy atom. The summed E-state index contributed by atoms with van der Waals surface area (Å²) in [6.45, 7) is 4.12. The molecule has 0 bridgehead atoms. The molecule has 0 aliphatic carbocycles. The molecule has 0 heterocycles. The summed E-state index contributed by atoms with van der Waals surface area (Å²) in [4.78, 5) is 56.4. The highest BCUT2D eigenvalue weighted by atomic mass is 16.3. The van der Waals surface area contributed by atoms with Gasteiger partial charge in [0.25, 0.3) is 5.91 Å². The number of phenolic OH excluding ortho intramolecular Hbond substituents is 1. The van der Waals surface area contributed by atoms with Gasteiger partial charge in [-0.05, 0) is 105 Å². The molecule has 14 nitrogen and oxygen atoms in total. The van der Waals surface area contributed by atoms with Crippen LogP contribution >= 0.6 is 0 Å². The van der Waals surface area contributed by atoms with Crippen molar-refractivity contribution in [1.29, 1.82) is 5.41 Å². The number of primary amides is 1. The van der Waals surface area contributed by atoms with Crippen molar-refractivity contribution < 1.29 is 24.3 Å². The lowest BCUT2D eigenvalue weighted by atomic mass is 9.95. The number of rotatable bonds is 19. The average molecular weight is 636 g/mol. The topological polar surface area (TPSA) is 265 Å². The second kappa shape index (κ2) is 18.6. The van der Waals surface area contributed by atoms with E-state index in [1.807, 2.05) is 0 Å². The summed E-state index contributed by atoms with van der Waals surface area (Å²) in [5.74, 6) is -2.88. The number of guanidine groups is 1. The lowest BCUT2D eigenvalue weighted by Crippen LogP contribution is -2.57. The number of aryl methyl sites for hydroxylation is 2. The zero-order chi connectivity index (χ0) is 34.2. The van der Waals surface area contributed by atoms with Gasteiger partial charge in [0.1, 0.15) is 23.9 Å². The van der Waals surface area contributed by atoms with Crippen molar-refractivity contribution >= 4 is 35.3 Å². The fourth-order valence-corrected chi connectivity index (χ4v) is 4.80. The molecule has 0 aromatic heterocycles. The van der Waals surface area contributed by atoms with Gasteiger partial charge in [0.05, 0.1) is 5.71 Å². The maximum absolute atomic E-state index is 13.8. The van der Waals surface area contributed by atoms with E-state index in [1.54, 1.807) is 44.2 Å². The molecule has 4 amide bonds. The summed E-state index contributed by atoms with van der Waals surface area (Å²) in [5.41, 5.74) is 24.4. The van der Waals surface area contributed by atoms with E-state index in [-0.39, 0.29) is 49.6 Å². The number of benzene rings is 1. The van der Waals surface area contributed by atoms with Gasteiger partial charge in [0, 0.05) is 19.4 Å². The highest BCUT2D eigenvalue weighted by Gasteiger charge is 2.30. The molecule has 2 aromatic carbocycles. The predicted octanol–water partition coefficient (Wildman–Crippen LogP) is -0.463. The fraction of sp³-hybridized carbons (Fsp3) is 0.438. The lowest BCUT2D eigenvalue weighted by molar-refractivity contribution is -0.132. The highest BCUT2D eigenvalue weighted by molar-refractivity contribution is 6.37. The second-order valence-corrected chi connectivity index (χ2v) is 11.0. The molecule has 248 valence electrons. The van der Waals surface area contributed by atoms with Crippen LogP contribution in [-0.2, 0) is 32.0 Å². The Hall–Kier alpha value is -5.16. The Morgan fingerprint density at radius 3 is 2.15 bits per heavy atom. The van der Waals surface area contributed by atoms with Crippen molar-refractivity contribution in [3.8, 4) is 5.75 Å². The summed E-state index contributed by atoms with van der Waals surface area (Å²) in [6.07, 6.45) is 1.79. The Morgan fingerprint density at radius 1 is 0.913 bits per heavy atom. The zero-order valence-corrected chi connectivity index (χ0v) is 26.3. The van der Waals surface area contributed by atoms with E-state index in [0.717, 1.165) is 0 Å². The second-order valence-electron chi connectivity index (χ2n) is 11.0. The first-order valence-electron chi connectivity index (χ1n) is 15.0. The first kappa shape index (κ1) is 37.0. The summed E-state index contributed by atoms with van der Waals surface area (Å²) in [5, 5.41) is 26.2. The molecule has 2 aromatic rings. The number of nitrogens with two attached hydrogens (primary N) is 4. The Kier molecular flexibility index (Phi) is 15.0. The highest BCUT2D eigenvalue weighted by Crippen LogP contribution is 2.22. The van der Waals surface area contributed by atoms with Gasteiger partial charge >= 0.3 is 0 Å². The largest absolute Gasteiger partial charge is 0.508 e. The van der Waals surface area contributed by atoms with E-state index in [2.05, 4.69) is 33.1 Å². The number of nitrogens with one attached hydrogen (secondary N) is 4. The van der Waals surface area contributed by atoms with Gasteiger partial charge in [-0.25, -0.2) is 0 Å². The van der Waals surface area contributed by atoms with Crippen molar-refractivity contribution in [3.05, 3.63) is 64.7 Å². The van der Waals surface area contributed by atoms with E-state index >= 15 is 0 Å². The Balaban J connectivity index is 2.30. The number of nitrogens with zero attached hydrogens (tertiary/aromatic N) is 1. The monoisotopic (exact) mass is 635 g/mol.